The normalized spacial score (nSPS) is 10.7. The predicted molar refractivity (Wildman–Crippen MR) is 88.4 cm³/mol. The van der Waals surface area contributed by atoms with E-state index < -0.39 is 0 Å². The van der Waals surface area contributed by atoms with Crippen molar-refractivity contribution in [2.45, 2.75) is 20.8 Å². The van der Waals surface area contributed by atoms with Crippen LogP contribution in [-0.4, -0.2) is 10.9 Å². The van der Waals surface area contributed by atoms with Crippen molar-refractivity contribution in [2.24, 2.45) is 0 Å². The number of benzene rings is 1. The molecule has 22 heavy (non-hydrogen) atoms. The first-order valence-corrected chi connectivity index (χ1v) is 7.82. The van der Waals surface area contributed by atoms with Crippen molar-refractivity contribution < 1.29 is 9.21 Å². The maximum absolute atomic E-state index is 12.2. The molecule has 0 unspecified atom stereocenters. The van der Waals surface area contributed by atoms with Gasteiger partial charge >= 0.3 is 0 Å². The number of thiazole rings is 1. The van der Waals surface area contributed by atoms with E-state index >= 15 is 0 Å². The van der Waals surface area contributed by atoms with Gasteiger partial charge in [0.15, 0.2) is 5.13 Å². The van der Waals surface area contributed by atoms with Crippen LogP contribution in [0.25, 0.3) is 11.3 Å². The molecule has 3 aromatic rings. The molecule has 0 aliphatic rings. The molecule has 0 aliphatic carbocycles. The zero-order valence-electron chi connectivity index (χ0n) is 12.6. The van der Waals surface area contributed by atoms with Crippen LogP contribution in [-0.2, 0) is 0 Å². The molecule has 5 heteroatoms. The van der Waals surface area contributed by atoms with Crippen LogP contribution < -0.4 is 5.32 Å². The van der Waals surface area contributed by atoms with Crippen molar-refractivity contribution >= 4 is 22.4 Å². The highest BCUT2D eigenvalue weighted by atomic mass is 32.1. The van der Waals surface area contributed by atoms with Crippen molar-refractivity contribution in [1.82, 2.24) is 4.98 Å². The minimum absolute atomic E-state index is 0.195. The number of amides is 1. The van der Waals surface area contributed by atoms with Crippen molar-refractivity contribution in [3.05, 3.63) is 58.4 Å². The predicted octanol–water partition coefficient (Wildman–Crippen LogP) is 4.58. The van der Waals surface area contributed by atoms with Crippen LogP contribution in [0.15, 0.2) is 40.1 Å². The fourth-order valence-electron chi connectivity index (χ4n) is 2.21. The number of hydrogen-bond acceptors (Lipinski definition) is 4. The third kappa shape index (κ3) is 2.94. The lowest BCUT2D eigenvalue weighted by Crippen LogP contribution is -2.11. The van der Waals surface area contributed by atoms with Gasteiger partial charge in [0, 0.05) is 10.9 Å². The van der Waals surface area contributed by atoms with Gasteiger partial charge in [-0.2, -0.15) is 0 Å². The van der Waals surface area contributed by atoms with E-state index in [1.165, 1.54) is 16.9 Å². The average molecular weight is 312 g/mol. The Labute approximate surface area is 132 Å². The number of nitrogens with zero attached hydrogens (tertiary/aromatic N) is 1. The molecule has 2 aromatic heterocycles. The first-order chi connectivity index (χ1) is 10.5. The molecule has 0 saturated heterocycles. The fraction of sp³-hybridized carbons (Fsp3) is 0.176. The Morgan fingerprint density at radius 3 is 2.55 bits per heavy atom. The van der Waals surface area contributed by atoms with Crippen molar-refractivity contribution in [1.29, 1.82) is 0 Å². The summed E-state index contributed by atoms with van der Waals surface area (Å²) in [6.45, 7) is 5.65. The zero-order chi connectivity index (χ0) is 15.7. The first kappa shape index (κ1) is 14.5. The minimum atomic E-state index is -0.195. The van der Waals surface area contributed by atoms with Gasteiger partial charge in [0.05, 0.1) is 11.3 Å². The maximum Gasteiger partial charge on any atom is 0.260 e. The SMILES string of the molecule is Cc1ccc(-c2csc(NC(=O)c3cc(C)oc3C)n2)cc1. The van der Waals surface area contributed by atoms with Gasteiger partial charge in [0.1, 0.15) is 11.5 Å². The number of nitrogens with one attached hydrogen (secondary N) is 1. The summed E-state index contributed by atoms with van der Waals surface area (Å²) < 4.78 is 5.38. The number of furan rings is 1. The highest BCUT2D eigenvalue weighted by molar-refractivity contribution is 7.14. The second-order valence-corrected chi connectivity index (χ2v) is 6.04. The van der Waals surface area contributed by atoms with E-state index in [1.807, 2.05) is 43.5 Å². The second kappa shape index (κ2) is 5.77. The van der Waals surface area contributed by atoms with E-state index in [1.54, 1.807) is 13.0 Å². The lowest BCUT2D eigenvalue weighted by Gasteiger charge is -2.00. The molecule has 1 amide bonds. The molecule has 0 saturated carbocycles. The lowest BCUT2D eigenvalue weighted by molar-refractivity contribution is 0.102. The zero-order valence-corrected chi connectivity index (χ0v) is 13.5. The molecule has 0 bridgehead atoms. The Balaban J connectivity index is 1.78. The highest BCUT2D eigenvalue weighted by Gasteiger charge is 2.15. The van der Waals surface area contributed by atoms with E-state index in [0.717, 1.165) is 17.0 Å². The van der Waals surface area contributed by atoms with E-state index in [2.05, 4.69) is 10.3 Å². The molecule has 4 nitrogen and oxygen atoms in total. The summed E-state index contributed by atoms with van der Waals surface area (Å²) in [5, 5.41) is 5.34. The van der Waals surface area contributed by atoms with Crippen molar-refractivity contribution in [3.8, 4) is 11.3 Å². The molecule has 112 valence electrons. The number of hydrogen-bond donors (Lipinski definition) is 1. The van der Waals surface area contributed by atoms with Crippen molar-refractivity contribution in [2.75, 3.05) is 5.32 Å². The molecule has 0 atom stereocenters. The average Bonchev–Trinajstić information content (AvgIpc) is 3.06. The molecule has 0 radical (unpaired) electrons. The summed E-state index contributed by atoms with van der Waals surface area (Å²) >= 11 is 1.41. The summed E-state index contributed by atoms with van der Waals surface area (Å²) in [6.07, 6.45) is 0. The molecule has 2 heterocycles. The molecular weight excluding hydrogens is 296 g/mol. The molecule has 1 N–H and O–H groups in total. The molecule has 0 fully saturated rings. The lowest BCUT2D eigenvalue weighted by atomic mass is 10.1. The Morgan fingerprint density at radius 2 is 1.91 bits per heavy atom. The molecule has 0 spiro atoms. The Bertz CT molecular complexity index is 816. The maximum atomic E-state index is 12.2. The summed E-state index contributed by atoms with van der Waals surface area (Å²) in [5.74, 6) is 1.15. The third-order valence-corrected chi connectivity index (χ3v) is 4.12. The largest absolute Gasteiger partial charge is 0.466 e. The van der Waals surface area contributed by atoms with Gasteiger partial charge in [0.25, 0.3) is 5.91 Å². The molecule has 0 aliphatic heterocycles. The van der Waals surface area contributed by atoms with Crippen LogP contribution in [0.4, 0.5) is 5.13 Å². The van der Waals surface area contributed by atoms with Crippen LogP contribution in [0.1, 0.15) is 27.4 Å². The van der Waals surface area contributed by atoms with E-state index in [4.69, 9.17) is 4.42 Å². The molecule has 1 aromatic carbocycles. The number of carbonyl (C=O) groups is 1. The molecule has 3 rings (SSSR count). The van der Waals surface area contributed by atoms with Gasteiger partial charge in [0.2, 0.25) is 0 Å². The Kier molecular flexibility index (Phi) is 3.81. The smallest absolute Gasteiger partial charge is 0.260 e. The second-order valence-electron chi connectivity index (χ2n) is 5.18. The van der Waals surface area contributed by atoms with Crippen LogP contribution in [0.3, 0.4) is 0 Å². The fourth-order valence-corrected chi connectivity index (χ4v) is 2.92. The van der Waals surface area contributed by atoms with Gasteiger partial charge in [-0.3, -0.25) is 10.1 Å². The highest BCUT2D eigenvalue weighted by Crippen LogP contribution is 2.26. The summed E-state index contributed by atoms with van der Waals surface area (Å²) in [7, 11) is 0. The number of anilines is 1. The van der Waals surface area contributed by atoms with Gasteiger partial charge in [-0.1, -0.05) is 29.8 Å². The topological polar surface area (TPSA) is 55.1 Å². The van der Waals surface area contributed by atoms with E-state index in [9.17, 15) is 4.79 Å². The van der Waals surface area contributed by atoms with Crippen LogP contribution in [0.5, 0.6) is 0 Å². The monoisotopic (exact) mass is 312 g/mol. The summed E-state index contributed by atoms with van der Waals surface area (Å²) in [5.41, 5.74) is 3.65. The Hall–Kier alpha value is -2.40. The van der Waals surface area contributed by atoms with Gasteiger partial charge in [-0.25, -0.2) is 4.98 Å². The summed E-state index contributed by atoms with van der Waals surface area (Å²) in [6, 6.07) is 9.88. The quantitative estimate of drug-likeness (QED) is 0.770. The van der Waals surface area contributed by atoms with Crippen molar-refractivity contribution in [3.63, 3.8) is 0 Å². The first-order valence-electron chi connectivity index (χ1n) is 6.94. The number of aryl methyl sites for hydroxylation is 3. The van der Waals surface area contributed by atoms with Crippen LogP contribution in [0, 0.1) is 20.8 Å². The minimum Gasteiger partial charge on any atom is -0.466 e. The van der Waals surface area contributed by atoms with E-state index in [-0.39, 0.29) is 5.91 Å². The number of carbonyl (C=O) groups excluding carboxylic acids is 1. The van der Waals surface area contributed by atoms with E-state index in [0.29, 0.717) is 16.5 Å². The van der Waals surface area contributed by atoms with Gasteiger partial charge < -0.3 is 4.42 Å². The van der Waals surface area contributed by atoms with Gasteiger partial charge in [-0.15, -0.1) is 11.3 Å². The standard InChI is InChI=1S/C17H16N2O2S/c1-10-4-6-13(7-5-10)15-9-22-17(18-15)19-16(20)14-8-11(2)21-12(14)3/h4-9H,1-3H3,(H,18,19,20). The molecular formula is C17H16N2O2S. The third-order valence-electron chi connectivity index (χ3n) is 3.36. The van der Waals surface area contributed by atoms with Gasteiger partial charge in [-0.05, 0) is 26.8 Å². The number of rotatable bonds is 3. The van der Waals surface area contributed by atoms with Crippen LogP contribution in [0.2, 0.25) is 0 Å². The summed E-state index contributed by atoms with van der Waals surface area (Å²) in [4.78, 5) is 16.7. The number of aromatic nitrogens is 1. The Morgan fingerprint density at radius 1 is 1.18 bits per heavy atom. The van der Waals surface area contributed by atoms with Crippen LogP contribution >= 0.6 is 11.3 Å².